The minimum Gasteiger partial charge on any atom is -0.340 e. The maximum absolute atomic E-state index is 13.8. The largest absolute Gasteiger partial charge is 0.340 e. The first kappa shape index (κ1) is 40.1. The SMILES string of the molecule is O=P(O)(CN1CCN2CCN(CP(=O)(O)c3ccccc3)CCN(CC1)Cc1cccc(n1)-c1cnnn1Cc1cccc(n1)C2)c1ccccc1.[Gd]. The molecule has 280 valence electrons. The first-order chi connectivity index (χ1) is 25.2. The fraction of sp³-hybridized carbons (Fsp3) is 0.351. The molecular weight excluding hydrogens is 854 g/mol. The van der Waals surface area contributed by atoms with Gasteiger partial charge in [0.05, 0.1) is 48.1 Å². The molecule has 6 bridgehead atoms. The summed E-state index contributed by atoms with van der Waals surface area (Å²) < 4.78 is 29.4. The average molecular weight is 899 g/mol. The summed E-state index contributed by atoms with van der Waals surface area (Å²) in [6.45, 7) is 6.15. The molecule has 0 aliphatic carbocycles. The quantitative estimate of drug-likeness (QED) is 0.242. The van der Waals surface area contributed by atoms with Crippen LogP contribution < -0.4 is 10.6 Å². The van der Waals surface area contributed by atoms with E-state index in [2.05, 4.69) is 29.9 Å². The van der Waals surface area contributed by atoms with Crippen molar-refractivity contribution in [3.05, 3.63) is 120 Å². The average Bonchev–Trinajstić information content (AvgIpc) is 3.61. The molecule has 0 spiro atoms. The minimum atomic E-state index is -3.68. The van der Waals surface area contributed by atoms with Crippen molar-refractivity contribution < 1.29 is 58.9 Å². The first-order valence-corrected chi connectivity index (χ1v) is 21.3. The fourth-order valence-electron chi connectivity index (χ4n) is 6.81. The van der Waals surface area contributed by atoms with Crippen LogP contribution in [0.15, 0.2) is 103 Å². The Morgan fingerprint density at radius 1 is 0.547 bits per heavy atom. The molecule has 6 heterocycles. The molecule has 5 aromatic rings. The standard InChI is InChI=1S/C37H45N9O4P2.Gd/c47-51(48,34-12-3-1-4-13-34)29-44-21-17-42-18-22-45(30-52(49,50)35-14-5-2-6-15-35)24-20-43(19-23-44)27-32-11-8-16-36(40-32)37-25-38-41-46(37)28-33-10-7-9-31(26-42)39-33;/h1-16,25H,17-24,26-30H2,(H,47,48)(H,49,50);. The molecule has 2 aromatic carbocycles. The number of pyridine rings is 2. The van der Waals surface area contributed by atoms with Crippen molar-refractivity contribution in [2.24, 2.45) is 0 Å². The molecule has 1 saturated heterocycles. The van der Waals surface area contributed by atoms with Gasteiger partial charge >= 0.3 is 0 Å². The summed E-state index contributed by atoms with van der Waals surface area (Å²) in [6, 6.07) is 29.7. The van der Waals surface area contributed by atoms with Gasteiger partial charge in [-0.05, 0) is 48.5 Å². The number of fused-ring (bicyclic) bond motifs is 8. The van der Waals surface area contributed by atoms with E-state index < -0.39 is 14.7 Å². The zero-order chi connectivity index (χ0) is 36.0. The van der Waals surface area contributed by atoms with Gasteiger partial charge in [-0.25, -0.2) is 9.67 Å². The molecule has 53 heavy (non-hydrogen) atoms. The van der Waals surface area contributed by atoms with Crippen molar-refractivity contribution in [3.8, 4) is 11.4 Å². The van der Waals surface area contributed by atoms with Gasteiger partial charge < -0.3 is 9.79 Å². The minimum absolute atomic E-state index is 0. The normalized spacial score (nSPS) is 21.2. The zero-order valence-corrected chi connectivity index (χ0v) is 33.5. The van der Waals surface area contributed by atoms with E-state index in [-0.39, 0.29) is 52.5 Å². The van der Waals surface area contributed by atoms with Crippen molar-refractivity contribution in [1.29, 1.82) is 0 Å². The van der Waals surface area contributed by atoms with Crippen LogP contribution in [0.25, 0.3) is 11.4 Å². The van der Waals surface area contributed by atoms with Crippen LogP contribution in [0.5, 0.6) is 0 Å². The third kappa shape index (κ3) is 10.8. The van der Waals surface area contributed by atoms with Crippen molar-refractivity contribution in [2.45, 2.75) is 19.6 Å². The molecule has 3 aromatic heterocycles. The number of rotatable bonds is 6. The van der Waals surface area contributed by atoms with Crippen LogP contribution in [0.2, 0.25) is 0 Å². The second-order valence-corrected chi connectivity index (χ2v) is 18.0. The van der Waals surface area contributed by atoms with Gasteiger partial charge in [-0.3, -0.25) is 33.7 Å². The van der Waals surface area contributed by atoms with Crippen LogP contribution in [0.4, 0.5) is 0 Å². The van der Waals surface area contributed by atoms with Crippen molar-refractivity contribution >= 4 is 25.3 Å². The molecule has 16 heteroatoms. The number of aromatic nitrogens is 5. The van der Waals surface area contributed by atoms with Crippen LogP contribution in [-0.2, 0) is 28.8 Å². The molecule has 2 atom stereocenters. The van der Waals surface area contributed by atoms with Gasteiger partial charge in [0.1, 0.15) is 5.69 Å². The molecule has 3 aliphatic heterocycles. The van der Waals surface area contributed by atoms with Crippen LogP contribution in [0.1, 0.15) is 17.1 Å². The maximum atomic E-state index is 13.8. The number of benzene rings is 2. The van der Waals surface area contributed by atoms with E-state index in [1.807, 2.05) is 53.2 Å². The van der Waals surface area contributed by atoms with Crippen LogP contribution >= 0.6 is 14.7 Å². The number of hydrogen-bond donors (Lipinski definition) is 2. The zero-order valence-electron chi connectivity index (χ0n) is 29.5. The van der Waals surface area contributed by atoms with Crippen LogP contribution in [0, 0.1) is 39.9 Å². The van der Waals surface area contributed by atoms with Crippen molar-refractivity contribution in [3.63, 3.8) is 0 Å². The Morgan fingerprint density at radius 2 is 1.00 bits per heavy atom. The van der Waals surface area contributed by atoms with E-state index in [0.29, 0.717) is 82.6 Å². The maximum Gasteiger partial charge on any atom is 0.243 e. The monoisotopic (exact) mass is 899 g/mol. The molecule has 13 nitrogen and oxygen atoms in total. The molecule has 8 rings (SSSR count). The molecule has 2 unspecified atom stereocenters. The Hall–Kier alpha value is -2.58. The van der Waals surface area contributed by atoms with Gasteiger partial charge in [0.25, 0.3) is 0 Å². The molecule has 0 saturated carbocycles. The van der Waals surface area contributed by atoms with Gasteiger partial charge in [-0.15, -0.1) is 5.10 Å². The van der Waals surface area contributed by atoms with Gasteiger partial charge in [-0.2, -0.15) is 0 Å². The van der Waals surface area contributed by atoms with Crippen molar-refractivity contribution in [2.75, 3.05) is 64.9 Å². The Kier molecular flexibility index (Phi) is 13.9. The van der Waals surface area contributed by atoms with E-state index >= 15 is 0 Å². The second kappa shape index (κ2) is 18.4. The summed E-state index contributed by atoms with van der Waals surface area (Å²) in [4.78, 5) is 41.5. The van der Waals surface area contributed by atoms with E-state index in [9.17, 15) is 18.9 Å². The van der Waals surface area contributed by atoms with E-state index in [4.69, 9.17) is 9.97 Å². The van der Waals surface area contributed by atoms with E-state index in [1.165, 1.54) is 0 Å². The van der Waals surface area contributed by atoms with Gasteiger partial charge in [0, 0.05) is 116 Å². The predicted molar refractivity (Wildman–Crippen MR) is 202 cm³/mol. The summed E-state index contributed by atoms with van der Waals surface area (Å²) in [6.07, 6.45) is 1.80. The Morgan fingerprint density at radius 3 is 1.51 bits per heavy atom. The van der Waals surface area contributed by atoms with Gasteiger partial charge in [0.15, 0.2) is 0 Å². The molecule has 2 N–H and O–H groups in total. The van der Waals surface area contributed by atoms with Crippen LogP contribution in [0.3, 0.4) is 0 Å². The molecule has 3 aliphatic rings. The first-order valence-electron chi connectivity index (χ1n) is 17.6. The Balaban J connectivity index is 0.00000481. The van der Waals surface area contributed by atoms with E-state index in [1.54, 1.807) is 54.7 Å². The summed E-state index contributed by atoms with van der Waals surface area (Å²) in [5.41, 5.74) is 4.12. The fourth-order valence-corrected chi connectivity index (χ4v) is 10.1. The van der Waals surface area contributed by atoms with Gasteiger partial charge in [0.2, 0.25) is 14.7 Å². The molecular formula is C37H45GdN9O4P2. The van der Waals surface area contributed by atoms with Gasteiger partial charge in [-0.1, -0.05) is 53.7 Å². The Labute approximate surface area is 342 Å². The topological polar surface area (TPSA) is 144 Å². The summed E-state index contributed by atoms with van der Waals surface area (Å²) in [5, 5.41) is 9.46. The number of hydrogen-bond acceptors (Lipinski definition) is 10. The molecule has 0 amide bonds. The van der Waals surface area contributed by atoms with E-state index in [0.717, 1.165) is 28.5 Å². The summed E-state index contributed by atoms with van der Waals surface area (Å²) in [7, 11) is -7.36. The second-order valence-electron chi connectivity index (χ2n) is 13.6. The molecule has 0 radical (unpaired) electrons. The summed E-state index contributed by atoms with van der Waals surface area (Å²) >= 11 is 0. The summed E-state index contributed by atoms with van der Waals surface area (Å²) in [5.74, 6) is 0. The predicted octanol–water partition coefficient (Wildman–Crippen LogP) is 3.13. The Bertz CT molecular complexity index is 1960. The number of nitrogens with zero attached hydrogens (tertiary/aromatic N) is 9. The smallest absolute Gasteiger partial charge is 0.243 e. The van der Waals surface area contributed by atoms with Crippen LogP contribution in [-0.4, -0.2) is 119 Å². The molecule has 1 fully saturated rings. The third-order valence-electron chi connectivity index (χ3n) is 9.67. The third-order valence-corrected chi connectivity index (χ3v) is 13.4. The van der Waals surface area contributed by atoms with Crippen molar-refractivity contribution in [1.82, 2.24) is 44.6 Å².